The van der Waals surface area contributed by atoms with Crippen LogP contribution in [0.15, 0.2) is 15.2 Å². The number of thioether (sulfide) groups is 1. The molecule has 0 amide bonds. The quantitative estimate of drug-likeness (QED) is 0.583. The highest BCUT2D eigenvalue weighted by Gasteiger charge is 1.95. The molecule has 1 heterocycles. The summed E-state index contributed by atoms with van der Waals surface area (Å²) in [7, 11) is 0. The second-order valence-corrected chi connectivity index (χ2v) is 5.23. The van der Waals surface area contributed by atoms with E-state index in [9.17, 15) is 0 Å². The lowest BCUT2D eigenvalue weighted by Gasteiger charge is -1.91. The Balaban J connectivity index is 2.34. The van der Waals surface area contributed by atoms with Crippen molar-refractivity contribution >= 4 is 39.0 Å². The van der Waals surface area contributed by atoms with Gasteiger partial charge in [-0.2, -0.15) is 0 Å². The van der Waals surface area contributed by atoms with Crippen molar-refractivity contribution in [1.82, 2.24) is 0 Å². The fourth-order valence-electron chi connectivity index (χ4n) is 0.649. The highest BCUT2D eigenvalue weighted by atomic mass is 79.9. The molecule has 1 rings (SSSR count). The van der Waals surface area contributed by atoms with Gasteiger partial charge in [0.05, 0.1) is 9.54 Å². The van der Waals surface area contributed by atoms with Gasteiger partial charge in [-0.05, 0) is 32.9 Å². The molecule has 0 radical (unpaired) electrons. The van der Waals surface area contributed by atoms with E-state index in [-0.39, 0.29) is 0 Å². The molecule has 1 aromatic rings. The molecule has 0 aromatic carbocycles. The maximum Gasteiger partial charge on any atom is 0.0701 e. The number of terminal acetylenes is 1. The third kappa shape index (κ3) is 3.33. The van der Waals surface area contributed by atoms with Crippen LogP contribution in [-0.2, 0) is 5.75 Å². The molecule has 58 valence electrons. The van der Waals surface area contributed by atoms with Crippen LogP contribution in [0.2, 0.25) is 0 Å². The van der Waals surface area contributed by atoms with Crippen LogP contribution in [0.3, 0.4) is 0 Å². The van der Waals surface area contributed by atoms with Gasteiger partial charge in [-0.15, -0.1) is 29.5 Å². The van der Waals surface area contributed by atoms with Gasteiger partial charge in [-0.1, -0.05) is 5.92 Å². The van der Waals surface area contributed by atoms with E-state index in [0.717, 1.165) is 11.5 Å². The molecule has 0 nitrogen and oxygen atoms in total. The minimum absolute atomic E-state index is 0.799. The van der Waals surface area contributed by atoms with E-state index in [4.69, 9.17) is 6.42 Å². The molecule has 3 heteroatoms. The lowest BCUT2D eigenvalue weighted by atomic mass is 10.4. The molecule has 0 bridgehead atoms. The zero-order valence-corrected chi connectivity index (χ0v) is 9.06. The summed E-state index contributed by atoms with van der Waals surface area (Å²) in [4.78, 5) is 0. The lowest BCUT2D eigenvalue weighted by Crippen LogP contribution is -1.75. The Hall–Kier alpha value is 0.0900. The van der Waals surface area contributed by atoms with Gasteiger partial charge in [0, 0.05) is 5.75 Å². The summed E-state index contributed by atoms with van der Waals surface area (Å²) in [6.45, 7) is 0. The Labute approximate surface area is 83.5 Å². The minimum Gasteiger partial charge on any atom is -0.144 e. The van der Waals surface area contributed by atoms with Gasteiger partial charge in [0.1, 0.15) is 0 Å². The maximum atomic E-state index is 5.12. The number of rotatable bonds is 3. The third-order valence-corrected chi connectivity index (χ3v) is 3.54. The van der Waals surface area contributed by atoms with Crippen LogP contribution in [0.1, 0.15) is 5.56 Å². The Bertz CT molecular complexity index is 259. The van der Waals surface area contributed by atoms with Crippen molar-refractivity contribution in [3.8, 4) is 12.3 Å². The van der Waals surface area contributed by atoms with E-state index in [1.165, 1.54) is 9.35 Å². The molecule has 0 aliphatic carbocycles. The van der Waals surface area contributed by atoms with Crippen molar-refractivity contribution in [1.29, 1.82) is 0 Å². The largest absolute Gasteiger partial charge is 0.144 e. The average Bonchev–Trinajstić information content (AvgIpc) is 2.37. The molecule has 0 saturated carbocycles. The summed E-state index contributed by atoms with van der Waals surface area (Å²) in [5.74, 6) is 4.42. The number of thiophene rings is 1. The monoisotopic (exact) mass is 246 g/mol. The molecule has 0 saturated heterocycles. The first-order valence-electron chi connectivity index (χ1n) is 3.07. The van der Waals surface area contributed by atoms with Gasteiger partial charge in [0.15, 0.2) is 0 Å². The van der Waals surface area contributed by atoms with Gasteiger partial charge in [-0.3, -0.25) is 0 Å². The van der Waals surface area contributed by atoms with Gasteiger partial charge < -0.3 is 0 Å². The molecule has 0 N–H and O–H groups in total. The van der Waals surface area contributed by atoms with Gasteiger partial charge >= 0.3 is 0 Å². The number of halogens is 1. The second-order valence-electron chi connectivity index (χ2n) is 1.96. The molecule has 0 aliphatic rings. The SMILES string of the molecule is C#CCSCc1csc(Br)c1. The topological polar surface area (TPSA) is 0 Å². The van der Waals surface area contributed by atoms with Crippen molar-refractivity contribution in [3.05, 3.63) is 20.8 Å². The summed E-state index contributed by atoms with van der Waals surface area (Å²) in [6.07, 6.45) is 5.12. The van der Waals surface area contributed by atoms with Crippen LogP contribution in [0.4, 0.5) is 0 Å². The average molecular weight is 247 g/mol. The number of hydrogen-bond donors (Lipinski definition) is 0. The molecule has 0 spiro atoms. The second kappa shape index (κ2) is 4.87. The molecular weight excluding hydrogens is 240 g/mol. The number of hydrogen-bond acceptors (Lipinski definition) is 2. The first kappa shape index (κ1) is 9.18. The summed E-state index contributed by atoms with van der Waals surface area (Å²) < 4.78 is 1.19. The first-order chi connectivity index (χ1) is 5.33. The van der Waals surface area contributed by atoms with E-state index in [1.54, 1.807) is 23.1 Å². The Morgan fingerprint density at radius 2 is 2.55 bits per heavy atom. The standard InChI is InChI=1S/C8H7BrS2/c1-2-3-10-5-7-4-8(9)11-6-7/h1,4,6H,3,5H2. The molecule has 0 aliphatic heterocycles. The lowest BCUT2D eigenvalue weighted by molar-refractivity contribution is 1.47. The molecule has 0 atom stereocenters. The van der Waals surface area contributed by atoms with Crippen molar-refractivity contribution in [2.75, 3.05) is 5.75 Å². The zero-order valence-electron chi connectivity index (χ0n) is 5.84. The van der Waals surface area contributed by atoms with Crippen LogP contribution in [-0.4, -0.2) is 5.75 Å². The van der Waals surface area contributed by atoms with E-state index >= 15 is 0 Å². The summed E-state index contributed by atoms with van der Waals surface area (Å²) in [6, 6.07) is 2.13. The van der Waals surface area contributed by atoms with Crippen molar-refractivity contribution < 1.29 is 0 Å². The van der Waals surface area contributed by atoms with Crippen molar-refractivity contribution in [2.45, 2.75) is 5.75 Å². The summed E-state index contributed by atoms with van der Waals surface area (Å²) in [5.41, 5.74) is 1.35. The zero-order chi connectivity index (χ0) is 8.10. The highest BCUT2D eigenvalue weighted by Crippen LogP contribution is 2.23. The molecule has 11 heavy (non-hydrogen) atoms. The van der Waals surface area contributed by atoms with Gasteiger partial charge in [-0.25, -0.2) is 0 Å². The fourth-order valence-corrected chi connectivity index (χ4v) is 2.59. The van der Waals surface area contributed by atoms with Crippen molar-refractivity contribution in [3.63, 3.8) is 0 Å². The summed E-state index contributed by atoms with van der Waals surface area (Å²) >= 11 is 6.89. The summed E-state index contributed by atoms with van der Waals surface area (Å²) in [5, 5.41) is 2.15. The fraction of sp³-hybridized carbons (Fsp3) is 0.250. The molecular formula is C8H7BrS2. The maximum absolute atomic E-state index is 5.12. The molecule has 0 fully saturated rings. The van der Waals surface area contributed by atoms with Crippen LogP contribution in [0.5, 0.6) is 0 Å². The van der Waals surface area contributed by atoms with E-state index < -0.39 is 0 Å². The Kier molecular flexibility index (Phi) is 4.06. The van der Waals surface area contributed by atoms with Crippen LogP contribution in [0.25, 0.3) is 0 Å². The first-order valence-corrected chi connectivity index (χ1v) is 5.90. The van der Waals surface area contributed by atoms with Gasteiger partial charge in [0.2, 0.25) is 0 Å². The smallest absolute Gasteiger partial charge is 0.0701 e. The predicted octanol–water partition coefficient (Wildman–Crippen LogP) is 3.38. The van der Waals surface area contributed by atoms with E-state index in [0.29, 0.717) is 0 Å². The molecule has 0 unspecified atom stereocenters. The van der Waals surface area contributed by atoms with E-state index in [1.807, 2.05) is 0 Å². The Morgan fingerprint density at radius 3 is 3.09 bits per heavy atom. The van der Waals surface area contributed by atoms with E-state index in [2.05, 4.69) is 33.3 Å². The van der Waals surface area contributed by atoms with Crippen LogP contribution < -0.4 is 0 Å². The molecule has 1 aromatic heterocycles. The Morgan fingerprint density at radius 1 is 1.73 bits per heavy atom. The van der Waals surface area contributed by atoms with Gasteiger partial charge in [0.25, 0.3) is 0 Å². The highest BCUT2D eigenvalue weighted by molar-refractivity contribution is 9.11. The predicted molar refractivity (Wildman–Crippen MR) is 57.0 cm³/mol. The third-order valence-electron chi connectivity index (χ3n) is 1.08. The minimum atomic E-state index is 0.799. The van der Waals surface area contributed by atoms with Crippen LogP contribution >= 0.6 is 39.0 Å². The normalized spacial score (nSPS) is 9.45. The van der Waals surface area contributed by atoms with Crippen LogP contribution in [0, 0.1) is 12.3 Å². The van der Waals surface area contributed by atoms with Crippen molar-refractivity contribution in [2.24, 2.45) is 0 Å².